The third-order valence-electron chi connectivity index (χ3n) is 3.86. The van der Waals surface area contributed by atoms with Gasteiger partial charge in [-0.05, 0) is 23.9 Å². The van der Waals surface area contributed by atoms with Crippen molar-refractivity contribution >= 4 is 33.8 Å². The molecular formula is C16H13N5O2S. The third-order valence-corrected chi connectivity index (χ3v) is 4.85. The Morgan fingerprint density at radius 3 is 2.62 bits per heavy atom. The fraction of sp³-hybridized carbons (Fsp3) is 0.125. The Kier molecular flexibility index (Phi) is 3.27. The van der Waals surface area contributed by atoms with Crippen LogP contribution in [0, 0.1) is 0 Å². The number of benzene rings is 1. The van der Waals surface area contributed by atoms with Crippen LogP contribution in [0.5, 0.6) is 0 Å². The maximum Gasteiger partial charge on any atom is 0.329 e. The molecule has 0 radical (unpaired) electrons. The van der Waals surface area contributed by atoms with Gasteiger partial charge in [-0.2, -0.15) is 0 Å². The first kappa shape index (κ1) is 14.7. The van der Waals surface area contributed by atoms with Gasteiger partial charge in [0.2, 0.25) is 0 Å². The molecule has 0 aliphatic carbocycles. The van der Waals surface area contributed by atoms with Gasteiger partial charge in [0, 0.05) is 19.5 Å². The number of imidazole rings is 1. The summed E-state index contributed by atoms with van der Waals surface area (Å²) >= 11 is 1.35. The highest BCUT2D eigenvalue weighted by Crippen LogP contribution is 2.28. The molecule has 0 saturated carbocycles. The fourth-order valence-electron chi connectivity index (χ4n) is 2.58. The Bertz CT molecular complexity index is 1200. The van der Waals surface area contributed by atoms with Crippen molar-refractivity contribution < 1.29 is 0 Å². The number of para-hydroxylation sites is 1. The van der Waals surface area contributed by atoms with Crippen LogP contribution in [-0.2, 0) is 14.1 Å². The highest BCUT2D eigenvalue weighted by Gasteiger charge is 2.16. The van der Waals surface area contributed by atoms with Gasteiger partial charge in [-0.1, -0.05) is 24.3 Å². The van der Waals surface area contributed by atoms with Crippen LogP contribution in [0.3, 0.4) is 0 Å². The van der Waals surface area contributed by atoms with Gasteiger partial charge in [0.15, 0.2) is 16.3 Å². The van der Waals surface area contributed by atoms with Crippen LogP contribution >= 0.6 is 11.8 Å². The Morgan fingerprint density at radius 1 is 1.00 bits per heavy atom. The maximum atomic E-state index is 12.1. The van der Waals surface area contributed by atoms with Crippen LogP contribution in [0.4, 0.5) is 0 Å². The Labute approximate surface area is 140 Å². The van der Waals surface area contributed by atoms with Crippen molar-refractivity contribution in [3.63, 3.8) is 0 Å². The molecule has 4 aromatic rings. The van der Waals surface area contributed by atoms with Crippen molar-refractivity contribution in [2.24, 2.45) is 14.1 Å². The molecule has 8 heteroatoms. The van der Waals surface area contributed by atoms with Gasteiger partial charge in [-0.15, -0.1) is 0 Å². The van der Waals surface area contributed by atoms with E-state index in [0.717, 1.165) is 15.9 Å². The number of pyridine rings is 1. The normalized spacial score (nSPS) is 11.4. The monoisotopic (exact) mass is 339 g/mol. The lowest BCUT2D eigenvalue weighted by Crippen LogP contribution is -2.29. The molecule has 0 saturated heterocycles. The van der Waals surface area contributed by atoms with Crippen LogP contribution in [0.25, 0.3) is 22.1 Å². The topological polar surface area (TPSA) is 85.6 Å². The molecule has 3 heterocycles. The molecule has 3 aromatic heterocycles. The Hall–Kier alpha value is -2.87. The number of nitrogens with zero attached hydrogens (tertiary/aromatic N) is 4. The standard InChI is InChI=1S/C16H13N5O2S/c1-20-12-13(21(2)15(23)19-14(12)22)18-16(20)24-11-8-7-9-5-3-4-6-10(9)17-11/h3-8H,1-2H3,(H,19,22,23). The average Bonchev–Trinajstić information content (AvgIpc) is 2.90. The number of fused-ring (bicyclic) bond motifs is 2. The van der Waals surface area contributed by atoms with Crippen molar-refractivity contribution in [3.8, 4) is 0 Å². The van der Waals surface area contributed by atoms with Gasteiger partial charge >= 0.3 is 5.69 Å². The second-order valence-electron chi connectivity index (χ2n) is 5.39. The summed E-state index contributed by atoms with van der Waals surface area (Å²) in [4.78, 5) is 35.1. The molecule has 7 nitrogen and oxygen atoms in total. The van der Waals surface area contributed by atoms with Gasteiger partial charge in [0.05, 0.1) is 5.52 Å². The molecule has 0 fully saturated rings. The van der Waals surface area contributed by atoms with Crippen LogP contribution in [0.1, 0.15) is 0 Å². The number of aryl methyl sites for hydroxylation is 2. The van der Waals surface area contributed by atoms with Gasteiger partial charge in [-0.3, -0.25) is 14.3 Å². The number of rotatable bonds is 2. The van der Waals surface area contributed by atoms with Gasteiger partial charge in [0.1, 0.15) is 5.03 Å². The minimum Gasteiger partial charge on any atom is -0.316 e. The van der Waals surface area contributed by atoms with Crippen molar-refractivity contribution in [3.05, 3.63) is 57.2 Å². The summed E-state index contributed by atoms with van der Waals surface area (Å²) in [5.41, 5.74) is 0.689. The lowest BCUT2D eigenvalue weighted by Gasteiger charge is -2.03. The van der Waals surface area contributed by atoms with E-state index in [4.69, 9.17) is 0 Å². The number of hydrogen-bond donors (Lipinski definition) is 1. The quantitative estimate of drug-likeness (QED) is 0.600. The van der Waals surface area contributed by atoms with E-state index in [2.05, 4.69) is 15.0 Å². The number of hydrogen-bond acceptors (Lipinski definition) is 5. The molecule has 0 bridgehead atoms. The van der Waals surface area contributed by atoms with E-state index in [1.165, 1.54) is 16.3 Å². The summed E-state index contributed by atoms with van der Waals surface area (Å²) in [7, 11) is 3.33. The molecule has 1 aromatic carbocycles. The van der Waals surface area contributed by atoms with E-state index in [-0.39, 0.29) is 0 Å². The summed E-state index contributed by atoms with van der Waals surface area (Å²) in [6.07, 6.45) is 0. The second kappa shape index (κ2) is 5.34. The number of aromatic amines is 1. The lowest BCUT2D eigenvalue weighted by atomic mass is 10.2. The molecule has 0 atom stereocenters. The highest BCUT2D eigenvalue weighted by atomic mass is 32.2. The van der Waals surface area contributed by atoms with Crippen molar-refractivity contribution in [2.45, 2.75) is 10.2 Å². The summed E-state index contributed by atoms with van der Waals surface area (Å²) in [5.74, 6) is 0. The minimum absolute atomic E-state index is 0.356. The molecule has 4 rings (SSSR count). The smallest absolute Gasteiger partial charge is 0.316 e. The van der Waals surface area contributed by atoms with Crippen molar-refractivity contribution in [1.82, 2.24) is 24.1 Å². The van der Waals surface area contributed by atoms with E-state index < -0.39 is 11.2 Å². The molecular weight excluding hydrogens is 326 g/mol. The average molecular weight is 339 g/mol. The van der Waals surface area contributed by atoms with Gasteiger partial charge < -0.3 is 4.57 Å². The Balaban J connectivity index is 1.85. The number of nitrogens with one attached hydrogen (secondary N) is 1. The minimum atomic E-state index is -0.481. The van der Waals surface area contributed by atoms with Gasteiger partial charge in [0.25, 0.3) is 5.56 Å². The van der Waals surface area contributed by atoms with Crippen LogP contribution in [0.2, 0.25) is 0 Å². The fourth-order valence-corrected chi connectivity index (χ4v) is 3.40. The summed E-state index contributed by atoms with van der Waals surface area (Å²) in [6, 6.07) is 11.8. The molecule has 0 unspecified atom stereocenters. The third kappa shape index (κ3) is 2.23. The summed E-state index contributed by atoms with van der Waals surface area (Å²) in [6.45, 7) is 0. The largest absolute Gasteiger partial charge is 0.329 e. The number of H-pyrrole nitrogens is 1. The predicted molar refractivity (Wildman–Crippen MR) is 92.4 cm³/mol. The van der Waals surface area contributed by atoms with E-state index >= 15 is 0 Å². The molecule has 0 aliphatic heterocycles. The van der Waals surface area contributed by atoms with E-state index in [9.17, 15) is 9.59 Å². The summed E-state index contributed by atoms with van der Waals surface area (Å²) in [5, 5.41) is 2.43. The second-order valence-corrected chi connectivity index (χ2v) is 6.38. The first-order chi connectivity index (χ1) is 11.5. The zero-order valence-corrected chi connectivity index (χ0v) is 13.8. The molecule has 0 aliphatic rings. The van der Waals surface area contributed by atoms with Crippen molar-refractivity contribution in [1.29, 1.82) is 0 Å². The predicted octanol–water partition coefficient (Wildman–Crippen LogP) is 1.66. The maximum absolute atomic E-state index is 12.1. The van der Waals surface area contributed by atoms with Crippen LogP contribution in [0.15, 0.2) is 56.2 Å². The molecule has 0 spiro atoms. The lowest BCUT2D eigenvalue weighted by molar-refractivity contribution is 0.809. The zero-order chi connectivity index (χ0) is 16.8. The SMILES string of the molecule is Cn1c(Sc2ccc3ccccc3n2)nc2c1c(=O)[nH]c(=O)n2C. The van der Waals surface area contributed by atoms with E-state index in [1.54, 1.807) is 18.7 Å². The first-order valence-electron chi connectivity index (χ1n) is 7.24. The Morgan fingerprint density at radius 2 is 1.79 bits per heavy atom. The van der Waals surface area contributed by atoms with Gasteiger partial charge in [-0.25, -0.2) is 14.8 Å². The molecule has 1 N–H and O–H groups in total. The van der Waals surface area contributed by atoms with E-state index in [1.807, 2.05) is 36.4 Å². The molecule has 120 valence electrons. The van der Waals surface area contributed by atoms with Crippen LogP contribution < -0.4 is 11.2 Å². The number of aromatic nitrogens is 5. The van der Waals surface area contributed by atoms with Crippen LogP contribution in [-0.4, -0.2) is 24.1 Å². The molecule has 24 heavy (non-hydrogen) atoms. The van der Waals surface area contributed by atoms with Crippen molar-refractivity contribution in [2.75, 3.05) is 0 Å². The van der Waals surface area contributed by atoms with E-state index in [0.29, 0.717) is 16.3 Å². The summed E-state index contributed by atoms with van der Waals surface area (Å²) < 4.78 is 3.00. The highest BCUT2D eigenvalue weighted by molar-refractivity contribution is 7.99. The zero-order valence-electron chi connectivity index (χ0n) is 13.0. The first-order valence-corrected chi connectivity index (χ1v) is 8.05. The molecule has 0 amide bonds.